The van der Waals surface area contributed by atoms with Crippen LogP contribution in [0.5, 0.6) is 0 Å². The summed E-state index contributed by atoms with van der Waals surface area (Å²) in [4.78, 5) is 36.8. The van der Waals surface area contributed by atoms with Gasteiger partial charge in [0.1, 0.15) is 5.92 Å². The molecule has 25 heavy (non-hydrogen) atoms. The number of esters is 1. The van der Waals surface area contributed by atoms with Gasteiger partial charge in [-0.1, -0.05) is 12.1 Å². The Morgan fingerprint density at radius 3 is 2.36 bits per heavy atom. The Labute approximate surface area is 145 Å². The molecule has 0 radical (unpaired) electrons. The molecule has 1 saturated heterocycles. The second-order valence-electron chi connectivity index (χ2n) is 5.70. The van der Waals surface area contributed by atoms with E-state index in [4.69, 9.17) is 0 Å². The molecule has 7 nitrogen and oxygen atoms in total. The standard InChI is InChI=1S/C18H17N3O4/c1-25-18(24)13-6-4-12(5-7-13)15(14(10-19)11-20)9-17(23)21-8-2-3-16(21)22/h4-7,14-15H,2-3,8-9H2,1H3/t15-/m1/s1. The van der Waals surface area contributed by atoms with Gasteiger partial charge in [-0.15, -0.1) is 0 Å². The van der Waals surface area contributed by atoms with Crippen molar-refractivity contribution in [1.82, 2.24) is 4.90 Å². The van der Waals surface area contributed by atoms with Gasteiger partial charge in [-0.2, -0.15) is 10.5 Å². The molecule has 1 heterocycles. The third-order valence-corrected chi connectivity index (χ3v) is 4.21. The first-order chi connectivity index (χ1) is 12.0. The van der Waals surface area contributed by atoms with Crippen molar-refractivity contribution in [2.75, 3.05) is 13.7 Å². The molecule has 1 aliphatic rings. The Balaban J connectivity index is 2.26. The Kier molecular flexibility index (Phi) is 5.86. The number of nitriles is 2. The molecule has 0 aromatic heterocycles. The molecule has 2 amide bonds. The van der Waals surface area contributed by atoms with Gasteiger partial charge in [-0.25, -0.2) is 4.79 Å². The zero-order chi connectivity index (χ0) is 18.4. The number of carbonyl (C=O) groups is 3. The van der Waals surface area contributed by atoms with Crippen LogP contribution in [0.3, 0.4) is 0 Å². The molecule has 0 bridgehead atoms. The molecule has 128 valence electrons. The smallest absolute Gasteiger partial charge is 0.337 e. The highest BCUT2D eigenvalue weighted by atomic mass is 16.5. The molecular weight excluding hydrogens is 322 g/mol. The van der Waals surface area contributed by atoms with E-state index in [1.54, 1.807) is 12.1 Å². The number of methoxy groups -OCH3 is 1. The average Bonchev–Trinajstić information content (AvgIpc) is 3.07. The van der Waals surface area contributed by atoms with Crippen molar-refractivity contribution in [1.29, 1.82) is 10.5 Å². The second-order valence-corrected chi connectivity index (χ2v) is 5.70. The molecule has 0 saturated carbocycles. The van der Waals surface area contributed by atoms with E-state index in [9.17, 15) is 24.9 Å². The highest BCUT2D eigenvalue weighted by molar-refractivity contribution is 5.97. The predicted molar refractivity (Wildman–Crippen MR) is 85.8 cm³/mol. The Morgan fingerprint density at radius 2 is 1.88 bits per heavy atom. The van der Waals surface area contributed by atoms with Gasteiger partial charge < -0.3 is 4.74 Å². The molecule has 0 aliphatic carbocycles. The summed E-state index contributed by atoms with van der Waals surface area (Å²) < 4.78 is 4.63. The lowest BCUT2D eigenvalue weighted by molar-refractivity contribution is -0.142. The van der Waals surface area contributed by atoms with E-state index in [2.05, 4.69) is 4.74 Å². The maximum atomic E-state index is 12.4. The minimum Gasteiger partial charge on any atom is -0.465 e. The number of hydrogen-bond acceptors (Lipinski definition) is 6. The van der Waals surface area contributed by atoms with Crippen molar-refractivity contribution in [3.8, 4) is 12.1 Å². The summed E-state index contributed by atoms with van der Waals surface area (Å²) in [6.07, 6.45) is 0.849. The Morgan fingerprint density at radius 1 is 1.24 bits per heavy atom. The first kappa shape index (κ1) is 18.2. The first-order valence-electron chi connectivity index (χ1n) is 7.82. The fraction of sp³-hybridized carbons (Fsp3) is 0.389. The van der Waals surface area contributed by atoms with E-state index < -0.39 is 17.8 Å². The number of benzene rings is 1. The van der Waals surface area contributed by atoms with Crippen LogP contribution >= 0.6 is 0 Å². The monoisotopic (exact) mass is 339 g/mol. The lowest BCUT2D eigenvalue weighted by atomic mass is 9.84. The summed E-state index contributed by atoms with van der Waals surface area (Å²) in [5.41, 5.74) is 0.914. The highest BCUT2D eigenvalue weighted by Gasteiger charge is 2.32. The lowest BCUT2D eigenvalue weighted by Crippen LogP contribution is -2.33. The summed E-state index contributed by atoms with van der Waals surface area (Å²) in [7, 11) is 1.27. The van der Waals surface area contributed by atoms with Gasteiger partial charge in [-0.3, -0.25) is 14.5 Å². The van der Waals surface area contributed by atoms with Gasteiger partial charge in [0.2, 0.25) is 11.8 Å². The molecule has 2 rings (SSSR count). The molecule has 0 spiro atoms. The summed E-state index contributed by atoms with van der Waals surface area (Å²) in [5, 5.41) is 18.5. The fourth-order valence-corrected chi connectivity index (χ4v) is 2.83. The summed E-state index contributed by atoms with van der Waals surface area (Å²) in [6, 6.07) is 10.0. The Bertz CT molecular complexity index is 744. The van der Waals surface area contributed by atoms with E-state index >= 15 is 0 Å². The van der Waals surface area contributed by atoms with Crippen molar-refractivity contribution >= 4 is 17.8 Å². The van der Waals surface area contributed by atoms with Crippen molar-refractivity contribution in [2.24, 2.45) is 5.92 Å². The minimum absolute atomic E-state index is 0.116. The maximum absolute atomic E-state index is 12.4. The van der Waals surface area contributed by atoms with E-state index in [0.717, 1.165) is 0 Å². The van der Waals surface area contributed by atoms with Crippen molar-refractivity contribution in [2.45, 2.75) is 25.2 Å². The van der Waals surface area contributed by atoms with Gasteiger partial charge in [0.05, 0.1) is 24.8 Å². The third kappa shape index (κ3) is 4.02. The fourth-order valence-electron chi connectivity index (χ4n) is 2.83. The third-order valence-electron chi connectivity index (χ3n) is 4.21. The van der Waals surface area contributed by atoms with Crippen molar-refractivity contribution in [3.63, 3.8) is 0 Å². The van der Waals surface area contributed by atoms with Crippen LogP contribution in [0.15, 0.2) is 24.3 Å². The predicted octanol–water partition coefficient (Wildman–Crippen LogP) is 1.76. The highest BCUT2D eigenvalue weighted by Crippen LogP contribution is 2.30. The molecule has 1 atom stereocenters. The minimum atomic E-state index is -1.04. The molecule has 1 aromatic rings. The van der Waals surface area contributed by atoms with Crippen LogP contribution in [0, 0.1) is 28.6 Å². The summed E-state index contributed by atoms with van der Waals surface area (Å²) in [6.45, 7) is 0.370. The van der Waals surface area contributed by atoms with E-state index in [1.807, 2.05) is 12.1 Å². The Hall–Kier alpha value is -3.19. The van der Waals surface area contributed by atoms with Gasteiger partial charge in [0.25, 0.3) is 0 Å². The van der Waals surface area contributed by atoms with Crippen LogP contribution in [-0.4, -0.2) is 36.3 Å². The van der Waals surface area contributed by atoms with E-state index in [0.29, 0.717) is 30.5 Å². The molecule has 0 unspecified atom stereocenters. The number of imide groups is 1. The van der Waals surface area contributed by atoms with Gasteiger partial charge >= 0.3 is 5.97 Å². The normalized spacial score (nSPS) is 14.7. The molecule has 1 aliphatic heterocycles. The zero-order valence-corrected chi connectivity index (χ0v) is 13.8. The number of likely N-dealkylation sites (tertiary alicyclic amines) is 1. The van der Waals surface area contributed by atoms with Crippen LogP contribution in [0.25, 0.3) is 0 Å². The lowest BCUT2D eigenvalue weighted by Gasteiger charge is -2.21. The van der Waals surface area contributed by atoms with Crippen LogP contribution < -0.4 is 0 Å². The number of nitrogens with zero attached hydrogens (tertiary/aromatic N) is 3. The topological polar surface area (TPSA) is 111 Å². The first-order valence-corrected chi connectivity index (χ1v) is 7.82. The van der Waals surface area contributed by atoms with Crippen LogP contribution in [0.2, 0.25) is 0 Å². The number of ether oxygens (including phenoxy) is 1. The number of amides is 2. The van der Waals surface area contributed by atoms with Crippen LogP contribution in [0.4, 0.5) is 0 Å². The van der Waals surface area contributed by atoms with Gasteiger partial charge in [0, 0.05) is 25.3 Å². The zero-order valence-electron chi connectivity index (χ0n) is 13.8. The molecule has 0 N–H and O–H groups in total. The molecule has 7 heteroatoms. The average molecular weight is 339 g/mol. The van der Waals surface area contributed by atoms with E-state index in [1.165, 1.54) is 24.1 Å². The number of hydrogen-bond donors (Lipinski definition) is 0. The SMILES string of the molecule is COC(=O)c1ccc([C@@H](CC(=O)N2CCCC2=O)C(C#N)C#N)cc1. The number of carbonyl (C=O) groups excluding carboxylic acids is 3. The van der Waals surface area contributed by atoms with Gasteiger partial charge in [0.15, 0.2) is 0 Å². The molecule has 1 fully saturated rings. The quantitative estimate of drug-likeness (QED) is 0.756. The molecular formula is C18H17N3O4. The molecule has 1 aromatic carbocycles. The van der Waals surface area contributed by atoms with Crippen molar-refractivity contribution < 1.29 is 19.1 Å². The van der Waals surface area contributed by atoms with E-state index in [-0.39, 0.29) is 18.2 Å². The summed E-state index contributed by atoms with van der Waals surface area (Å²) >= 11 is 0. The largest absolute Gasteiger partial charge is 0.465 e. The van der Waals surface area contributed by atoms with Crippen LogP contribution in [-0.2, 0) is 14.3 Å². The van der Waals surface area contributed by atoms with Gasteiger partial charge in [-0.05, 0) is 24.1 Å². The maximum Gasteiger partial charge on any atom is 0.337 e. The van der Waals surface area contributed by atoms with Crippen LogP contribution in [0.1, 0.15) is 41.1 Å². The second kappa shape index (κ2) is 8.07. The number of rotatable bonds is 5. The summed E-state index contributed by atoms with van der Waals surface area (Å²) in [5.74, 6) is -2.83. The van der Waals surface area contributed by atoms with Crippen molar-refractivity contribution in [3.05, 3.63) is 35.4 Å².